The van der Waals surface area contributed by atoms with E-state index in [0.717, 1.165) is 0 Å². The second-order valence-corrected chi connectivity index (χ2v) is 6.81. The Morgan fingerprint density at radius 3 is 2.32 bits per heavy atom. The Morgan fingerprint density at radius 1 is 0.903 bits per heavy atom. The van der Waals surface area contributed by atoms with Gasteiger partial charge in [-0.25, -0.2) is 0 Å². The predicted octanol–water partition coefficient (Wildman–Crippen LogP) is 3.39. The summed E-state index contributed by atoms with van der Waals surface area (Å²) in [5.41, 5.74) is 1.25. The first kappa shape index (κ1) is 24.0. The molecule has 0 aliphatic rings. The van der Waals surface area contributed by atoms with Crippen LogP contribution in [-0.4, -0.2) is 57.2 Å². The zero-order valence-corrected chi connectivity index (χ0v) is 18.6. The zero-order chi connectivity index (χ0) is 22.6. The molecule has 2 aromatic rings. The van der Waals surface area contributed by atoms with Gasteiger partial charge in [-0.1, -0.05) is 12.1 Å². The van der Waals surface area contributed by atoms with Gasteiger partial charge in [0.05, 0.1) is 32.6 Å². The summed E-state index contributed by atoms with van der Waals surface area (Å²) in [6.45, 7) is 5.40. The lowest BCUT2D eigenvalue weighted by Crippen LogP contribution is -2.32. The van der Waals surface area contributed by atoms with Crippen molar-refractivity contribution in [2.75, 3.05) is 51.1 Å². The SMILES string of the molecule is CCOc1ccc(NC(=O)CN(C)CCC(=O)Nc2ccccc2OC)cc1OCC. The first-order valence-electron chi connectivity index (χ1n) is 10.3. The maximum absolute atomic E-state index is 12.4. The topological polar surface area (TPSA) is 89.1 Å². The third kappa shape index (κ3) is 7.82. The Morgan fingerprint density at radius 2 is 1.61 bits per heavy atom. The number of para-hydroxylation sites is 2. The van der Waals surface area contributed by atoms with Crippen molar-refractivity contribution in [3.8, 4) is 17.2 Å². The third-order valence-corrected chi connectivity index (χ3v) is 4.34. The standard InChI is InChI=1S/C23H31N3O5/c1-5-30-20-12-11-17(15-21(20)31-6-2)24-23(28)16-26(3)14-13-22(27)25-18-9-7-8-10-19(18)29-4/h7-12,15H,5-6,13-14,16H2,1-4H3,(H,24,28)(H,25,27). The molecule has 168 valence electrons. The van der Waals surface area contributed by atoms with Crippen LogP contribution in [0.1, 0.15) is 20.3 Å². The molecule has 0 aliphatic carbocycles. The van der Waals surface area contributed by atoms with Crippen molar-refractivity contribution in [2.24, 2.45) is 0 Å². The van der Waals surface area contributed by atoms with Crippen LogP contribution in [0.15, 0.2) is 42.5 Å². The Kier molecular flexibility index (Phi) is 9.64. The number of hydrogen-bond acceptors (Lipinski definition) is 6. The molecule has 0 saturated heterocycles. The summed E-state index contributed by atoms with van der Waals surface area (Å²) in [5, 5.41) is 5.68. The Hall–Kier alpha value is -3.26. The van der Waals surface area contributed by atoms with Crippen molar-refractivity contribution in [2.45, 2.75) is 20.3 Å². The fourth-order valence-electron chi connectivity index (χ4n) is 2.91. The molecule has 8 heteroatoms. The highest BCUT2D eigenvalue weighted by atomic mass is 16.5. The van der Waals surface area contributed by atoms with Crippen molar-refractivity contribution < 1.29 is 23.8 Å². The second-order valence-electron chi connectivity index (χ2n) is 6.81. The van der Waals surface area contributed by atoms with E-state index in [1.807, 2.05) is 26.0 Å². The fraction of sp³-hybridized carbons (Fsp3) is 0.391. The Balaban J connectivity index is 1.83. The number of anilines is 2. The van der Waals surface area contributed by atoms with Crippen LogP contribution in [0.4, 0.5) is 11.4 Å². The monoisotopic (exact) mass is 429 g/mol. The molecule has 0 spiro atoms. The summed E-state index contributed by atoms with van der Waals surface area (Å²) in [5.74, 6) is 1.50. The lowest BCUT2D eigenvalue weighted by molar-refractivity contribution is -0.119. The van der Waals surface area contributed by atoms with Gasteiger partial charge in [0.15, 0.2) is 11.5 Å². The number of likely N-dealkylation sites (N-methyl/N-ethyl adjacent to an activating group) is 1. The number of methoxy groups -OCH3 is 1. The second kappa shape index (κ2) is 12.4. The fourth-order valence-corrected chi connectivity index (χ4v) is 2.91. The van der Waals surface area contributed by atoms with Crippen LogP contribution in [0, 0.1) is 0 Å². The first-order chi connectivity index (χ1) is 15.0. The summed E-state index contributed by atoms with van der Waals surface area (Å²) < 4.78 is 16.3. The average Bonchev–Trinajstić information content (AvgIpc) is 2.75. The van der Waals surface area contributed by atoms with Crippen molar-refractivity contribution in [1.29, 1.82) is 0 Å². The summed E-state index contributed by atoms with van der Waals surface area (Å²) in [4.78, 5) is 26.4. The van der Waals surface area contributed by atoms with Crippen molar-refractivity contribution in [3.63, 3.8) is 0 Å². The molecule has 2 amide bonds. The van der Waals surface area contributed by atoms with Gasteiger partial charge in [-0.2, -0.15) is 0 Å². The molecule has 8 nitrogen and oxygen atoms in total. The Bertz CT molecular complexity index is 872. The van der Waals surface area contributed by atoms with E-state index in [2.05, 4.69) is 10.6 Å². The van der Waals surface area contributed by atoms with E-state index < -0.39 is 0 Å². The highest BCUT2D eigenvalue weighted by molar-refractivity contribution is 5.93. The molecule has 0 radical (unpaired) electrons. The van der Waals surface area contributed by atoms with Crippen LogP contribution < -0.4 is 24.8 Å². The molecule has 2 rings (SSSR count). The van der Waals surface area contributed by atoms with Gasteiger partial charge in [-0.15, -0.1) is 0 Å². The summed E-state index contributed by atoms with van der Waals surface area (Å²) in [7, 11) is 3.35. The molecule has 2 N–H and O–H groups in total. The third-order valence-electron chi connectivity index (χ3n) is 4.34. The van der Waals surface area contributed by atoms with Crippen molar-refractivity contribution in [1.82, 2.24) is 4.90 Å². The minimum Gasteiger partial charge on any atom is -0.495 e. The van der Waals surface area contributed by atoms with Crippen LogP contribution in [0.2, 0.25) is 0 Å². The molecule has 0 saturated carbocycles. The minimum absolute atomic E-state index is 0.148. The molecular formula is C23H31N3O5. The summed E-state index contributed by atoms with van der Waals surface area (Å²) in [6, 6.07) is 12.5. The van der Waals surface area contributed by atoms with Gasteiger partial charge in [0, 0.05) is 24.7 Å². The van der Waals surface area contributed by atoms with Crippen molar-refractivity contribution in [3.05, 3.63) is 42.5 Å². The van der Waals surface area contributed by atoms with Gasteiger partial charge in [0.25, 0.3) is 0 Å². The smallest absolute Gasteiger partial charge is 0.238 e. The molecular weight excluding hydrogens is 398 g/mol. The van der Waals surface area contributed by atoms with Gasteiger partial charge < -0.3 is 24.8 Å². The molecule has 0 unspecified atom stereocenters. The van der Waals surface area contributed by atoms with E-state index in [1.54, 1.807) is 49.4 Å². The maximum atomic E-state index is 12.4. The number of carbonyl (C=O) groups excluding carboxylic acids is 2. The number of carbonyl (C=O) groups is 2. The van der Waals surface area contributed by atoms with Gasteiger partial charge in [0.1, 0.15) is 5.75 Å². The number of amides is 2. The molecule has 0 atom stereocenters. The Labute approximate surface area is 183 Å². The minimum atomic E-state index is -0.181. The number of nitrogens with one attached hydrogen (secondary N) is 2. The van der Waals surface area contributed by atoms with E-state index in [9.17, 15) is 9.59 Å². The quantitative estimate of drug-likeness (QED) is 0.538. The van der Waals surface area contributed by atoms with Crippen LogP contribution in [0.25, 0.3) is 0 Å². The molecule has 0 aromatic heterocycles. The van der Waals surface area contributed by atoms with E-state index in [4.69, 9.17) is 14.2 Å². The van der Waals surface area contributed by atoms with Crippen LogP contribution in [0.5, 0.6) is 17.2 Å². The lowest BCUT2D eigenvalue weighted by atomic mass is 10.2. The lowest BCUT2D eigenvalue weighted by Gasteiger charge is -2.17. The highest BCUT2D eigenvalue weighted by Crippen LogP contribution is 2.30. The molecule has 0 heterocycles. The van der Waals surface area contributed by atoms with E-state index in [-0.39, 0.29) is 24.8 Å². The van der Waals surface area contributed by atoms with E-state index >= 15 is 0 Å². The maximum Gasteiger partial charge on any atom is 0.238 e. The number of rotatable bonds is 12. The van der Waals surface area contributed by atoms with Gasteiger partial charge in [0.2, 0.25) is 11.8 Å². The highest BCUT2D eigenvalue weighted by Gasteiger charge is 2.12. The number of ether oxygens (including phenoxy) is 3. The summed E-state index contributed by atoms with van der Waals surface area (Å²) >= 11 is 0. The number of nitrogens with zero attached hydrogens (tertiary/aromatic N) is 1. The largest absolute Gasteiger partial charge is 0.495 e. The predicted molar refractivity (Wildman–Crippen MR) is 121 cm³/mol. The normalized spacial score (nSPS) is 10.5. The van der Waals surface area contributed by atoms with Gasteiger partial charge in [-0.05, 0) is 45.2 Å². The first-order valence-corrected chi connectivity index (χ1v) is 10.3. The zero-order valence-electron chi connectivity index (χ0n) is 18.6. The van der Waals surface area contributed by atoms with Crippen LogP contribution >= 0.6 is 0 Å². The van der Waals surface area contributed by atoms with Gasteiger partial charge >= 0.3 is 0 Å². The van der Waals surface area contributed by atoms with Crippen molar-refractivity contribution >= 4 is 23.2 Å². The molecule has 31 heavy (non-hydrogen) atoms. The average molecular weight is 430 g/mol. The molecule has 2 aromatic carbocycles. The summed E-state index contributed by atoms with van der Waals surface area (Å²) in [6.07, 6.45) is 0.249. The molecule has 0 aliphatic heterocycles. The number of benzene rings is 2. The number of hydrogen-bond donors (Lipinski definition) is 2. The van der Waals surface area contributed by atoms with E-state index in [0.29, 0.717) is 48.4 Å². The van der Waals surface area contributed by atoms with E-state index in [1.165, 1.54) is 0 Å². The molecule has 0 fully saturated rings. The van der Waals surface area contributed by atoms with Crippen LogP contribution in [-0.2, 0) is 9.59 Å². The van der Waals surface area contributed by atoms with Gasteiger partial charge in [-0.3, -0.25) is 14.5 Å². The van der Waals surface area contributed by atoms with Crippen LogP contribution in [0.3, 0.4) is 0 Å². The molecule has 0 bridgehead atoms.